The zero-order valence-electron chi connectivity index (χ0n) is 9.94. The summed E-state index contributed by atoms with van der Waals surface area (Å²) in [5.74, 6) is 0. The molecule has 0 bridgehead atoms. The first-order valence-corrected chi connectivity index (χ1v) is 5.17. The SMILES string of the molecule is Cn1ccc(C2OC(C)(C)C(C)(C)O2)n1. The number of aryl methyl sites for hydroxylation is 1. The molecular formula is C11H18N2O2. The quantitative estimate of drug-likeness (QED) is 0.711. The molecule has 0 N–H and O–H groups in total. The van der Waals surface area contributed by atoms with E-state index < -0.39 is 0 Å². The Kier molecular flexibility index (Phi) is 2.17. The van der Waals surface area contributed by atoms with Crippen LogP contribution in [0.15, 0.2) is 12.3 Å². The largest absolute Gasteiger partial charge is 0.338 e. The van der Waals surface area contributed by atoms with Crippen molar-refractivity contribution in [3.05, 3.63) is 18.0 Å². The van der Waals surface area contributed by atoms with Crippen LogP contribution in [0.4, 0.5) is 0 Å². The molecular weight excluding hydrogens is 192 g/mol. The van der Waals surface area contributed by atoms with E-state index in [0.29, 0.717) is 0 Å². The van der Waals surface area contributed by atoms with Crippen molar-refractivity contribution >= 4 is 0 Å². The zero-order chi connectivity index (χ0) is 11.3. The van der Waals surface area contributed by atoms with Gasteiger partial charge in [-0.3, -0.25) is 4.68 Å². The zero-order valence-corrected chi connectivity index (χ0v) is 9.94. The van der Waals surface area contributed by atoms with E-state index in [1.807, 2.05) is 47.0 Å². The maximum Gasteiger partial charge on any atom is 0.204 e. The topological polar surface area (TPSA) is 36.3 Å². The van der Waals surface area contributed by atoms with Gasteiger partial charge in [0.05, 0.1) is 11.2 Å². The lowest BCUT2D eigenvalue weighted by atomic mass is 9.90. The summed E-state index contributed by atoms with van der Waals surface area (Å²) < 4.78 is 13.5. The summed E-state index contributed by atoms with van der Waals surface area (Å²) in [5.41, 5.74) is 0.237. The first-order valence-electron chi connectivity index (χ1n) is 5.17. The Morgan fingerprint density at radius 3 is 2.13 bits per heavy atom. The average Bonchev–Trinajstić information content (AvgIpc) is 2.56. The van der Waals surface area contributed by atoms with Gasteiger partial charge in [-0.15, -0.1) is 0 Å². The number of rotatable bonds is 1. The van der Waals surface area contributed by atoms with E-state index in [9.17, 15) is 0 Å². The Bertz CT molecular complexity index is 352. The van der Waals surface area contributed by atoms with Crippen LogP contribution in [0.25, 0.3) is 0 Å². The van der Waals surface area contributed by atoms with Crippen molar-refractivity contribution < 1.29 is 9.47 Å². The second kappa shape index (κ2) is 3.06. The average molecular weight is 210 g/mol. The van der Waals surface area contributed by atoms with Gasteiger partial charge in [-0.25, -0.2) is 0 Å². The molecule has 1 aliphatic heterocycles. The van der Waals surface area contributed by atoms with Crippen molar-refractivity contribution in [3.8, 4) is 0 Å². The van der Waals surface area contributed by atoms with E-state index in [0.717, 1.165) is 5.69 Å². The van der Waals surface area contributed by atoms with E-state index in [4.69, 9.17) is 9.47 Å². The fourth-order valence-corrected chi connectivity index (χ4v) is 1.52. The maximum absolute atomic E-state index is 5.87. The molecule has 2 rings (SSSR count). The monoisotopic (exact) mass is 210 g/mol. The smallest absolute Gasteiger partial charge is 0.204 e. The number of nitrogens with zero attached hydrogens (tertiary/aromatic N) is 2. The third-order valence-electron chi connectivity index (χ3n) is 3.23. The summed E-state index contributed by atoms with van der Waals surface area (Å²) in [5, 5.41) is 4.29. The van der Waals surface area contributed by atoms with Crippen LogP contribution in [0.3, 0.4) is 0 Å². The third kappa shape index (κ3) is 1.68. The van der Waals surface area contributed by atoms with E-state index in [1.54, 1.807) is 4.68 Å². The summed E-state index contributed by atoms with van der Waals surface area (Å²) >= 11 is 0. The Hall–Kier alpha value is -0.870. The summed E-state index contributed by atoms with van der Waals surface area (Å²) in [7, 11) is 1.88. The van der Waals surface area contributed by atoms with Crippen LogP contribution >= 0.6 is 0 Å². The van der Waals surface area contributed by atoms with Gasteiger partial charge in [0.15, 0.2) is 0 Å². The van der Waals surface area contributed by atoms with Crippen LogP contribution in [0, 0.1) is 0 Å². The van der Waals surface area contributed by atoms with E-state index >= 15 is 0 Å². The molecule has 1 aromatic rings. The highest BCUT2D eigenvalue weighted by Crippen LogP contribution is 2.44. The second-order valence-corrected chi connectivity index (χ2v) is 5.00. The minimum absolute atomic E-state index is 0.296. The molecule has 1 saturated heterocycles. The van der Waals surface area contributed by atoms with E-state index in [1.165, 1.54) is 0 Å². The second-order valence-electron chi connectivity index (χ2n) is 5.00. The van der Waals surface area contributed by atoms with Gasteiger partial charge in [0.25, 0.3) is 0 Å². The van der Waals surface area contributed by atoms with Gasteiger partial charge >= 0.3 is 0 Å². The molecule has 0 aromatic carbocycles. The highest BCUT2D eigenvalue weighted by Gasteiger charge is 2.50. The molecule has 0 radical (unpaired) electrons. The molecule has 0 spiro atoms. The van der Waals surface area contributed by atoms with Crippen molar-refractivity contribution in [1.29, 1.82) is 0 Å². The highest BCUT2D eigenvalue weighted by atomic mass is 16.7. The van der Waals surface area contributed by atoms with Crippen LogP contribution < -0.4 is 0 Å². The number of hydrogen-bond acceptors (Lipinski definition) is 3. The Morgan fingerprint density at radius 1 is 1.20 bits per heavy atom. The minimum Gasteiger partial charge on any atom is -0.338 e. The number of aromatic nitrogens is 2. The van der Waals surface area contributed by atoms with E-state index in [2.05, 4.69) is 5.10 Å². The first kappa shape index (κ1) is 10.6. The summed E-state index contributed by atoms with van der Waals surface area (Å²) in [4.78, 5) is 0. The number of hydrogen-bond donors (Lipinski definition) is 0. The van der Waals surface area contributed by atoms with Crippen LogP contribution in [0.1, 0.15) is 39.7 Å². The molecule has 4 heteroatoms. The molecule has 1 aromatic heterocycles. The predicted molar refractivity (Wildman–Crippen MR) is 56.3 cm³/mol. The van der Waals surface area contributed by atoms with Crippen LogP contribution in [0.2, 0.25) is 0 Å². The number of ether oxygens (including phenoxy) is 2. The van der Waals surface area contributed by atoms with Gasteiger partial charge in [-0.2, -0.15) is 5.10 Å². The fraction of sp³-hybridized carbons (Fsp3) is 0.727. The Morgan fingerprint density at radius 2 is 1.73 bits per heavy atom. The standard InChI is InChI=1S/C11H18N2O2/c1-10(2)11(3,4)15-9(14-10)8-6-7-13(5)12-8/h6-7,9H,1-5H3. The van der Waals surface area contributed by atoms with Crippen molar-refractivity contribution in [1.82, 2.24) is 9.78 Å². The van der Waals surface area contributed by atoms with Crippen LogP contribution in [-0.2, 0) is 16.5 Å². The molecule has 2 heterocycles. The van der Waals surface area contributed by atoms with Gasteiger partial charge in [-0.1, -0.05) is 0 Å². The molecule has 0 aliphatic carbocycles. The molecule has 15 heavy (non-hydrogen) atoms. The van der Waals surface area contributed by atoms with Crippen molar-refractivity contribution in [2.45, 2.75) is 45.2 Å². The lowest BCUT2D eigenvalue weighted by Gasteiger charge is -2.30. The van der Waals surface area contributed by atoms with Crippen LogP contribution in [0.5, 0.6) is 0 Å². The molecule has 0 saturated carbocycles. The molecule has 0 atom stereocenters. The predicted octanol–water partition coefficient (Wildman–Crippen LogP) is 2.02. The Balaban J connectivity index is 2.23. The molecule has 0 amide bonds. The summed E-state index contributed by atoms with van der Waals surface area (Å²) in [6.07, 6.45) is 1.54. The van der Waals surface area contributed by atoms with Gasteiger partial charge in [0.2, 0.25) is 6.29 Å². The van der Waals surface area contributed by atoms with Crippen LogP contribution in [-0.4, -0.2) is 21.0 Å². The minimum atomic E-state index is -0.351. The first-order chi connectivity index (χ1) is 6.82. The fourth-order valence-electron chi connectivity index (χ4n) is 1.52. The molecule has 1 aliphatic rings. The van der Waals surface area contributed by atoms with Gasteiger partial charge in [0, 0.05) is 13.2 Å². The lowest BCUT2D eigenvalue weighted by Crippen LogP contribution is -2.41. The molecule has 1 fully saturated rings. The van der Waals surface area contributed by atoms with Gasteiger partial charge in [-0.05, 0) is 33.8 Å². The Labute approximate surface area is 90.2 Å². The highest BCUT2D eigenvalue weighted by molar-refractivity contribution is 5.06. The molecule has 84 valence electrons. The van der Waals surface area contributed by atoms with Crippen molar-refractivity contribution in [2.75, 3.05) is 0 Å². The van der Waals surface area contributed by atoms with Gasteiger partial charge < -0.3 is 9.47 Å². The van der Waals surface area contributed by atoms with Crippen molar-refractivity contribution in [2.24, 2.45) is 7.05 Å². The normalized spacial score (nSPS) is 24.6. The van der Waals surface area contributed by atoms with Gasteiger partial charge in [0.1, 0.15) is 5.69 Å². The summed E-state index contributed by atoms with van der Waals surface area (Å²) in [6.45, 7) is 8.15. The lowest BCUT2D eigenvalue weighted by molar-refractivity contribution is -0.0925. The third-order valence-corrected chi connectivity index (χ3v) is 3.23. The molecule has 0 unspecified atom stereocenters. The van der Waals surface area contributed by atoms with Crippen molar-refractivity contribution in [3.63, 3.8) is 0 Å². The maximum atomic E-state index is 5.87. The van der Waals surface area contributed by atoms with E-state index in [-0.39, 0.29) is 17.5 Å². The summed E-state index contributed by atoms with van der Waals surface area (Å²) in [6, 6.07) is 1.92. The molecule has 4 nitrogen and oxygen atoms in total.